The molecule has 1 aromatic heterocycles. The number of aromatic nitrogens is 2. The minimum atomic E-state index is -0.835. The van der Waals surface area contributed by atoms with Crippen LogP contribution in [0, 0.1) is 17.5 Å². The van der Waals surface area contributed by atoms with Gasteiger partial charge in [-0.2, -0.15) is 4.98 Å². The van der Waals surface area contributed by atoms with Crippen LogP contribution in [0.2, 0.25) is 0 Å². The predicted molar refractivity (Wildman–Crippen MR) is 93.3 cm³/mol. The fourth-order valence-corrected chi connectivity index (χ4v) is 3.46. The van der Waals surface area contributed by atoms with Gasteiger partial charge in [0.15, 0.2) is 11.6 Å². The predicted octanol–water partition coefficient (Wildman–Crippen LogP) is 4.53. The summed E-state index contributed by atoms with van der Waals surface area (Å²) in [6.07, 6.45) is 1.76. The Labute approximate surface area is 154 Å². The van der Waals surface area contributed by atoms with E-state index in [2.05, 4.69) is 15.0 Å². The molecule has 0 aliphatic carbocycles. The lowest BCUT2D eigenvalue weighted by molar-refractivity contribution is 0.178. The molecule has 2 aromatic carbocycles. The Kier molecular flexibility index (Phi) is 4.94. The fraction of sp³-hybridized carbons (Fsp3) is 0.300. The number of benzene rings is 2. The highest BCUT2D eigenvalue weighted by Gasteiger charge is 2.27. The molecule has 140 valence electrons. The van der Waals surface area contributed by atoms with Crippen LogP contribution < -0.4 is 0 Å². The highest BCUT2D eigenvalue weighted by atomic mass is 19.2. The molecule has 0 bridgehead atoms. The molecule has 1 unspecified atom stereocenters. The largest absolute Gasteiger partial charge is 0.339 e. The molecule has 3 aromatic rings. The highest BCUT2D eigenvalue weighted by molar-refractivity contribution is 5.53. The van der Waals surface area contributed by atoms with Gasteiger partial charge in [-0.25, -0.2) is 13.2 Å². The first kappa shape index (κ1) is 17.7. The Morgan fingerprint density at radius 1 is 1.11 bits per heavy atom. The van der Waals surface area contributed by atoms with Crippen LogP contribution in [0.15, 0.2) is 47.0 Å². The second-order valence-electron chi connectivity index (χ2n) is 6.75. The second-order valence-corrected chi connectivity index (χ2v) is 6.75. The van der Waals surface area contributed by atoms with Crippen molar-refractivity contribution in [2.45, 2.75) is 25.3 Å². The molecule has 4 rings (SSSR count). The van der Waals surface area contributed by atoms with Crippen LogP contribution >= 0.6 is 0 Å². The molecule has 1 atom stereocenters. The summed E-state index contributed by atoms with van der Waals surface area (Å²) < 4.78 is 46.1. The van der Waals surface area contributed by atoms with Gasteiger partial charge in [0.1, 0.15) is 5.82 Å². The Balaban J connectivity index is 1.48. The third kappa shape index (κ3) is 3.88. The summed E-state index contributed by atoms with van der Waals surface area (Å²) in [6.45, 7) is 1.73. The zero-order valence-electron chi connectivity index (χ0n) is 14.5. The van der Waals surface area contributed by atoms with E-state index < -0.39 is 11.6 Å². The third-order valence-electron chi connectivity index (χ3n) is 4.80. The number of halogens is 3. The van der Waals surface area contributed by atoms with Crippen molar-refractivity contribution >= 4 is 0 Å². The molecule has 0 N–H and O–H groups in total. The monoisotopic (exact) mass is 373 g/mol. The summed E-state index contributed by atoms with van der Waals surface area (Å²) in [7, 11) is 0. The molecular weight excluding hydrogens is 355 g/mol. The lowest BCUT2D eigenvalue weighted by Crippen LogP contribution is -2.34. The van der Waals surface area contributed by atoms with E-state index in [9.17, 15) is 13.2 Å². The van der Waals surface area contributed by atoms with Gasteiger partial charge in [-0.1, -0.05) is 29.4 Å². The highest BCUT2D eigenvalue weighted by Crippen LogP contribution is 2.29. The second kappa shape index (κ2) is 7.52. The first-order chi connectivity index (χ1) is 13.1. The average Bonchev–Trinajstić information content (AvgIpc) is 3.16. The van der Waals surface area contributed by atoms with Gasteiger partial charge in [-0.3, -0.25) is 4.90 Å². The van der Waals surface area contributed by atoms with E-state index in [0.717, 1.165) is 25.5 Å². The van der Waals surface area contributed by atoms with Gasteiger partial charge in [0, 0.05) is 24.2 Å². The van der Waals surface area contributed by atoms with Gasteiger partial charge < -0.3 is 4.52 Å². The molecule has 27 heavy (non-hydrogen) atoms. The van der Waals surface area contributed by atoms with E-state index >= 15 is 0 Å². The van der Waals surface area contributed by atoms with E-state index in [0.29, 0.717) is 35.9 Å². The van der Waals surface area contributed by atoms with Crippen molar-refractivity contribution in [3.63, 3.8) is 0 Å². The number of hydrogen-bond acceptors (Lipinski definition) is 4. The Bertz CT molecular complexity index is 944. The SMILES string of the molecule is Fc1cccc(-c2noc(C3CCCN(Cc4cccc(F)c4F)C3)n2)c1. The standard InChI is InChI=1S/C20H18F3N3O/c21-16-7-1-4-13(10-16)19-24-20(27-25-19)15-6-3-9-26(12-15)11-14-5-2-8-17(22)18(14)23/h1-2,4-5,7-8,10,15H,3,6,9,11-12H2. The van der Waals surface area contributed by atoms with Crippen LogP contribution in [0.5, 0.6) is 0 Å². The van der Waals surface area contributed by atoms with Gasteiger partial charge in [0.25, 0.3) is 0 Å². The summed E-state index contributed by atoms with van der Waals surface area (Å²) >= 11 is 0. The Morgan fingerprint density at radius 2 is 1.96 bits per heavy atom. The fourth-order valence-electron chi connectivity index (χ4n) is 3.46. The van der Waals surface area contributed by atoms with Crippen molar-refractivity contribution in [3.8, 4) is 11.4 Å². The summed E-state index contributed by atoms with van der Waals surface area (Å²) in [6, 6.07) is 10.2. The summed E-state index contributed by atoms with van der Waals surface area (Å²) in [5, 5.41) is 3.96. The van der Waals surface area contributed by atoms with Crippen molar-refractivity contribution in [2.75, 3.05) is 13.1 Å². The molecule has 1 aliphatic rings. The summed E-state index contributed by atoms with van der Waals surface area (Å²) in [4.78, 5) is 6.47. The zero-order chi connectivity index (χ0) is 18.8. The molecule has 1 saturated heterocycles. The molecule has 7 heteroatoms. The van der Waals surface area contributed by atoms with Gasteiger partial charge in [0.05, 0.1) is 5.92 Å². The van der Waals surface area contributed by atoms with Crippen LogP contribution in [0.3, 0.4) is 0 Å². The van der Waals surface area contributed by atoms with E-state index in [4.69, 9.17) is 4.52 Å². The van der Waals surface area contributed by atoms with Crippen molar-refractivity contribution in [3.05, 3.63) is 71.4 Å². The van der Waals surface area contributed by atoms with E-state index in [-0.39, 0.29) is 11.7 Å². The molecule has 0 saturated carbocycles. The van der Waals surface area contributed by atoms with Crippen LogP contribution in [-0.2, 0) is 6.54 Å². The minimum Gasteiger partial charge on any atom is -0.339 e. The van der Waals surface area contributed by atoms with E-state index in [1.54, 1.807) is 18.2 Å². The maximum Gasteiger partial charge on any atom is 0.231 e. The van der Waals surface area contributed by atoms with Gasteiger partial charge in [-0.05, 0) is 37.6 Å². The summed E-state index contributed by atoms with van der Waals surface area (Å²) in [5.74, 6) is -1.16. The van der Waals surface area contributed by atoms with Crippen molar-refractivity contribution in [1.82, 2.24) is 15.0 Å². The average molecular weight is 373 g/mol. The number of rotatable bonds is 4. The molecule has 2 heterocycles. The van der Waals surface area contributed by atoms with Crippen LogP contribution in [-0.4, -0.2) is 28.1 Å². The third-order valence-corrected chi connectivity index (χ3v) is 4.80. The summed E-state index contributed by atoms with van der Waals surface area (Å²) in [5.41, 5.74) is 0.890. The van der Waals surface area contributed by atoms with Gasteiger partial charge in [-0.15, -0.1) is 0 Å². The number of piperidine rings is 1. The van der Waals surface area contributed by atoms with Gasteiger partial charge in [0.2, 0.25) is 11.7 Å². The molecular formula is C20H18F3N3O. The molecule has 0 radical (unpaired) electrons. The maximum absolute atomic E-state index is 13.9. The van der Waals surface area contributed by atoms with Crippen LogP contribution in [0.4, 0.5) is 13.2 Å². The van der Waals surface area contributed by atoms with Crippen molar-refractivity contribution < 1.29 is 17.7 Å². The van der Waals surface area contributed by atoms with Crippen molar-refractivity contribution in [2.24, 2.45) is 0 Å². The van der Waals surface area contributed by atoms with Crippen molar-refractivity contribution in [1.29, 1.82) is 0 Å². The molecule has 1 aliphatic heterocycles. The normalized spacial score (nSPS) is 18.0. The topological polar surface area (TPSA) is 42.2 Å². The molecule has 0 amide bonds. The first-order valence-corrected chi connectivity index (χ1v) is 8.85. The lowest BCUT2D eigenvalue weighted by Gasteiger charge is -2.31. The van der Waals surface area contributed by atoms with Gasteiger partial charge >= 0.3 is 0 Å². The first-order valence-electron chi connectivity index (χ1n) is 8.85. The Hall–Kier alpha value is -2.67. The lowest BCUT2D eigenvalue weighted by atomic mass is 9.97. The van der Waals surface area contributed by atoms with E-state index in [1.165, 1.54) is 18.2 Å². The zero-order valence-corrected chi connectivity index (χ0v) is 14.5. The van der Waals surface area contributed by atoms with Crippen LogP contribution in [0.25, 0.3) is 11.4 Å². The molecule has 0 spiro atoms. The minimum absolute atomic E-state index is 0.00480. The molecule has 1 fully saturated rings. The quantitative estimate of drug-likeness (QED) is 0.674. The van der Waals surface area contributed by atoms with E-state index in [1.807, 2.05) is 0 Å². The maximum atomic E-state index is 13.9. The smallest absolute Gasteiger partial charge is 0.231 e. The number of nitrogens with zero attached hydrogens (tertiary/aromatic N) is 3. The Morgan fingerprint density at radius 3 is 2.81 bits per heavy atom. The number of likely N-dealkylation sites (tertiary alicyclic amines) is 1. The molecule has 4 nitrogen and oxygen atoms in total. The van der Waals surface area contributed by atoms with Crippen LogP contribution in [0.1, 0.15) is 30.2 Å². The number of hydrogen-bond donors (Lipinski definition) is 0.